The fraction of sp³-hybridized carbons (Fsp3) is 0.231. The number of hydrogen-bond donors (Lipinski definition) is 3. The Morgan fingerprint density at radius 3 is 2.89 bits per heavy atom. The molecule has 0 atom stereocenters. The summed E-state index contributed by atoms with van der Waals surface area (Å²) >= 11 is 0. The van der Waals surface area contributed by atoms with E-state index in [-0.39, 0.29) is 0 Å². The summed E-state index contributed by atoms with van der Waals surface area (Å²) < 4.78 is 4.79. The number of amides is 2. The van der Waals surface area contributed by atoms with Crippen molar-refractivity contribution < 1.29 is 14.3 Å². The number of ether oxygens (including phenoxy) is 1. The maximum atomic E-state index is 11.7. The van der Waals surface area contributed by atoms with E-state index < -0.39 is 11.8 Å². The highest BCUT2D eigenvalue weighted by molar-refractivity contribution is 6.40. The van der Waals surface area contributed by atoms with E-state index in [2.05, 4.69) is 15.6 Å². The summed E-state index contributed by atoms with van der Waals surface area (Å²) in [5.41, 5.74) is 1.50. The maximum absolute atomic E-state index is 11.7. The number of benzene rings is 1. The van der Waals surface area contributed by atoms with Crippen molar-refractivity contribution in [2.45, 2.75) is 0 Å². The van der Waals surface area contributed by atoms with E-state index in [1.54, 1.807) is 18.3 Å². The Morgan fingerprint density at radius 2 is 2.11 bits per heavy atom. The van der Waals surface area contributed by atoms with Gasteiger partial charge in [0.1, 0.15) is 0 Å². The third-order valence-electron chi connectivity index (χ3n) is 2.64. The Balaban J connectivity index is 2.02. The molecule has 0 spiro atoms. The number of methoxy groups -OCH3 is 1. The third-order valence-corrected chi connectivity index (χ3v) is 2.64. The molecule has 6 nitrogen and oxygen atoms in total. The van der Waals surface area contributed by atoms with Gasteiger partial charge in [0.2, 0.25) is 0 Å². The lowest BCUT2D eigenvalue weighted by Gasteiger charge is -2.07. The highest BCUT2D eigenvalue weighted by atomic mass is 16.5. The van der Waals surface area contributed by atoms with Crippen LogP contribution in [-0.4, -0.2) is 37.1 Å². The number of anilines is 1. The first-order valence-electron chi connectivity index (χ1n) is 5.86. The van der Waals surface area contributed by atoms with Crippen LogP contribution in [0, 0.1) is 0 Å². The molecule has 2 amide bonds. The third kappa shape index (κ3) is 3.11. The van der Waals surface area contributed by atoms with Crippen LogP contribution >= 0.6 is 0 Å². The van der Waals surface area contributed by atoms with Crippen molar-refractivity contribution in [2.75, 3.05) is 25.6 Å². The van der Waals surface area contributed by atoms with Crippen molar-refractivity contribution in [3.63, 3.8) is 0 Å². The van der Waals surface area contributed by atoms with Gasteiger partial charge in [0.25, 0.3) is 0 Å². The number of aromatic nitrogens is 1. The van der Waals surface area contributed by atoms with E-state index >= 15 is 0 Å². The van der Waals surface area contributed by atoms with Crippen molar-refractivity contribution >= 4 is 28.4 Å². The molecule has 6 heteroatoms. The number of fused-ring (bicyclic) bond motifs is 1. The van der Waals surface area contributed by atoms with Gasteiger partial charge in [-0.3, -0.25) is 9.59 Å². The van der Waals surface area contributed by atoms with E-state index in [0.717, 1.165) is 10.9 Å². The quantitative estimate of drug-likeness (QED) is 0.564. The smallest absolute Gasteiger partial charge is 0.313 e. The van der Waals surface area contributed by atoms with Crippen LogP contribution in [0.1, 0.15) is 0 Å². The molecule has 0 aliphatic heterocycles. The molecule has 100 valence electrons. The van der Waals surface area contributed by atoms with Crippen LogP contribution < -0.4 is 10.6 Å². The minimum atomic E-state index is -0.690. The molecule has 0 saturated carbocycles. The summed E-state index contributed by atoms with van der Waals surface area (Å²) in [6.07, 6.45) is 1.78. The lowest BCUT2D eigenvalue weighted by atomic mass is 10.2. The van der Waals surface area contributed by atoms with Crippen LogP contribution in [0.25, 0.3) is 10.9 Å². The van der Waals surface area contributed by atoms with E-state index in [9.17, 15) is 9.59 Å². The van der Waals surface area contributed by atoms with Crippen LogP contribution in [0.2, 0.25) is 0 Å². The van der Waals surface area contributed by atoms with Gasteiger partial charge in [0, 0.05) is 30.8 Å². The molecule has 0 unspecified atom stereocenters. The number of aromatic amines is 1. The Labute approximate surface area is 110 Å². The van der Waals surface area contributed by atoms with E-state index in [1.807, 2.05) is 12.1 Å². The Kier molecular flexibility index (Phi) is 4.15. The van der Waals surface area contributed by atoms with Gasteiger partial charge in [-0.05, 0) is 18.2 Å². The van der Waals surface area contributed by atoms with Crippen LogP contribution in [0.3, 0.4) is 0 Å². The average molecular weight is 261 g/mol. The lowest BCUT2D eigenvalue weighted by molar-refractivity contribution is -0.136. The number of carbonyl (C=O) groups is 2. The largest absolute Gasteiger partial charge is 0.383 e. The Morgan fingerprint density at radius 1 is 1.26 bits per heavy atom. The summed E-state index contributed by atoms with van der Waals surface area (Å²) in [4.78, 5) is 26.2. The molecule has 0 aliphatic carbocycles. The van der Waals surface area contributed by atoms with Crippen LogP contribution in [0.4, 0.5) is 5.69 Å². The van der Waals surface area contributed by atoms with Gasteiger partial charge in [0.05, 0.1) is 12.3 Å². The predicted octanol–water partition coefficient (Wildman–Crippen LogP) is 0.869. The molecular formula is C13H15N3O3. The minimum absolute atomic E-state index is 0.303. The normalized spacial score (nSPS) is 10.4. The number of H-pyrrole nitrogens is 1. The number of hydrogen-bond acceptors (Lipinski definition) is 3. The maximum Gasteiger partial charge on any atom is 0.313 e. The molecule has 2 rings (SSSR count). The first-order valence-corrected chi connectivity index (χ1v) is 5.86. The molecule has 2 aromatic rings. The van der Waals surface area contributed by atoms with Crippen LogP contribution in [-0.2, 0) is 14.3 Å². The molecular weight excluding hydrogens is 246 g/mol. The second kappa shape index (κ2) is 6.01. The predicted molar refractivity (Wildman–Crippen MR) is 71.8 cm³/mol. The molecule has 0 aliphatic rings. The number of nitrogens with one attached hydrogen (secondary N) is 3. The van der Waals surface area contributed by atoms with Crippen molar-refractivity contribution in [2.24, 2.45) is 0 Å². The Bertz CT molecular complexity index is 592. The fourth-order valence-electron chi connectivity index (χ4n) is 1.72. The van der Waals surface area contributed by atoms with Gasteiger partial charge in [-0.25, -0.2) is 0 Å². The molecule has 1 aromatic heterocycles. The highest BCUT2D eigenvalue weighted by Crippen LogP contribution is 2.21. The van der Waals surface area contributed by atoms with Gasteiger partial charge in [-0.15, -0.1) is 0 Å². The molecule has 3 N–H and O–H groups in total. The minimum Gasteiger partial charge on any atom is -0.383 e. The molecule has 0 saturated heterocycles. The van der Waals surface area contributed by atoms with Gasteiger partial charge in [0.15, 0.2) is 0 Å². The van der Waals surface area contributed by atoms with Crippen molar-refractivity contribution in [3.8, 4) is 0 Å². The van der Waals surface area contributed by atoms with Gasteiger partial charge < -0.3 is 20.4 Å². The van der Waals surface area contributed by atoms with Gasteiger partial charge >= 0.3 is 11.8 Å². The average Bonchev–Trinajstić information content (AvgIpc) is 2.88. The molecule has 1 aromatic carbocycles. The molecule has 0 fully saturated rings. The van der Waals surface area contributed by atoms with Crippen LogP contribution in [0.5, 0.6) is 0 Å². The summed E-state index contributed by atoms with van der Waals surface area (Å²) in [5.74, 6) is -1.37. The summed E-state index contributed by atoms with van der Waals surface area (Å²) in [6, 6.07) is 7.28. The fourth-order valence-corrected chi connectivity index (χ4v) is 1.72. The van der Waals surface area contributed by atoms with Crippen molar-refractivity contribution in [3.05, 3.63) is 30.5 Å². The van der Waals surface area contributed by atoms with E-state index in [0.29, 0.717) is 18.8 Å². The first kappa shape index (κ1) is 13.1. The zero-order chi connectivity index (χ0) is 13.7. The van der Waals surface area contributed by atoms with E-state index in [1.165, 1.54) is 7.11 Å². The van der Waals surface area contributed by atoms with Crippen LogP contribution in [0.15, 0.2) is 30.5 Å². The zero-order valence-electron chi connectivity index (χ0n) is 10.5. The summed E-state index contributed by atoms with van der Waals surface area (Å²) in [5, 5.41) is 5.91. The second-order valence-electron chi connectivity index (χ2n) is 3.95. The molecule has 19 heavy (non-hydrogen) atoms. The first-order chi connectivity index (χ1) is 9.22. The van der Waals surface area contributed by atoms with E-state index in [4.69, 9.17) is 4.74 Å². The zero-order valence-corrected chi connectivity index (χ0v) is 10.5. The SMILES string of the molecule is COCCNC(=O)C(=O)Nc1cccc2[nH]ccc12. The van der Waals surface area contributed by atoms with Gasteiger partial charge in [-0.2, -0.15) is 0 Å². The number of carbonyl (C=O) groups excluding carboxylic acids is 2. The Hall–Kier alpha value is -2.34. The molecule has 0 radical (unpaired) electrons. The molecule has 1 heterocycles. The topological polar surface area (TPSA) is 83.2 Å². The summed E-state index contributed by atoms with van der Waals surface area (Å²) in [7, 11) is 1.53. The lowest BCUT2D eigenvalue weighted by Crippen LogP contribution is -2.37. The molecule has 0 bridgehead atoms. The monoisotopic (exact) mass is 261 g/mol. The van der Waals surface area contributed by atoms with Crippen molar-refractivity contribution in [1.29, 1.82) is 0 Å². The van der Waals surface area contributed by atoms with Crippen molar-refractivity contribution in [1.82, 2.24) is 10.3 Å². The second-order valence-corrected chi connectivity index (χ2v) is 3.95. The number of rotatable bonds is 4. The van der Waals surface area contributed by atoms with Gasteiger partial charge in [-0.1, -0.05) is 6.07 Å². The standard InChI is InChI=1S/C13H15N3O3/c1-19-8-7-15-12(17)13(18)16-11-4-2-3-10-9(11)5-6-14-10/h2-6,14H,7-8H2,1H3,(H,15,17)(H,16,18). The summed E-state index contributed by atoms with van der Waals surface area (Å²) in [6.45, 7) is 0.670. The highest BCUT2D eigenvalue weighted by Gasteiger charge is 2.14.